The number of hydrogen-bond acceptors (Lipinski definition) is 8. The molecule has 14 heteroatoms. The first kappa shape index (κ1) is 37.3. The van der Waals surface area contributed by atoms with E-state index in [0.717, 1.165) is 5.56 Å². The first-order valence-electron chi connectivity index (χ1n) is 17.8. The SMILES string of the molecule is C=C[C@@H]1C[C@]1(NC(=O)C1C[C@@H](OC(=O)N2Cc3cccc(F)c3C2)CN1C(=O)[C@@H](Nc1ccc(C(C)(C)C)cc1)C(C)C)C(=O)NS(=O)(=O)C1CC1. The summed E-state index contributed by atoms with van der Waals surface area (Å²) < 4.78 is 47.7. The number of nitrogens with zero attached hydrogens (tertiary/aromatic N) is 2. The lowest BCUT2D eigenvalue weighted by atomic mass is 9.87. The molecule has 2 saturated carbocycles. The molecule has 3 fully saturated rings. The van der Waals surface area contributed by atoms with E-state index in [1.165, 1.54) is 21.9 Å². The van der Waals surface area contributed by atoms with Gasteiger partial charge in [0, 0.05) is 30.1 Å². The Hall–Kier alpha value is -4.46. The number of likely N-dealkylation sites (tertiary alicyclic amines) is 1. The summed E-state index contributed by atoms with van der Waals surface area (Å²) in [6.07, 6.45) is 0.871. The van der Waals surface area contributed by atoms with Gasteiger partial charge in [0.1, 0.15) is 29.5 Å². The molecule has 1 saturated heterocycles. The lowest BCUT2D eigenvalue weighted by molar-refractivity contribution is -0.140. The Morgan fingerprint density at radius 3 is 2.33 bits per heavy atom. The van der Waals surface area contributed by atoms with Crippen molar-refractivity contribution in [1.29, 1.82) is 0 Å². The number of ether oxygens (including phenoxy) is 1. The first-order chi connectivity index (χ1) is 24.4. The number of carbonyl (C=O) groups is 4. The number of nitrogens with one attached hydrogen (secondary N) is 3. The molecule has 4 amide bonds. The molecule has 2 aromatic rings. The lowest BCUT2D eigenvalue weighted by Crippen LogP contribution is -2.58. The van der Waals surface area contributed by atoms with Gasteiger partial charge in [0.2, 0.25) is 21.8 Å². The second kappa shape index (κ2) is 13.8. The minimum Gasteiger partial charge on any atom is -0.444 e. The molecule has 280 valence electrons. The molecule has 2 aromatic carbocycles. The molecule has 2 aliphatic heterocycles. The van der Waals surface area contributed by atoms with Crippen LogP contribution in [0.4, 0.5) is 14.9 Å². The highest BCUT2D eigenvalue weighted by atomic mass is 32.2. The van der Waals surface area contributed by atoms with Crippen LogP contribution in [-0.4, -0.2) is 77.6 Å². The second-order valence-electron chi connectivity index (χ2n) is 15.9. The molecule has 0 radical (unpaired) electrons. The molecule has 3 N–H and O–H groups in total. The van der Waals surface area contributed by atoms with E-state index in [1.807, 2.05) is 38.1 Å². The van der Waals surface area contributed by atoms with Gasteiger partial charge in [0.15, 0.2) is 0 Å². The average Bonchev–Trinajstić information content (AvgIpc) is 3.97. The molecule has 2 aliphatic carbocycles. The highest BCUT2D eigenvalue weighted by molar-refractivity contribution is 7.91. The smallest absolute Gasteiger partial charge is 0.410 e. The van der Waals surface area contributed by atoms with E-state index in [4.69, 9.17) is 4.74 Å². The van der Waals surface area contributed by atoms with Gasteiger partial charge in [0.05, 0.1) is 18.3 Å². The Morgan fingerprint density at radius 2 is 1.75 bits per heavy atom. The van der Waals surface area contributed by atoms with Gasteiger partial charge in [-0.15, -0.1) is 6.58 Å². The van der Waals surface area contributed by atoms with Crippen molar-refractivity contribution in [1.82, 2.24) is 19.8 Å². The van der Waals surface area contributed by atoms with Gasteiger partial charge < -0.3 is 20.3 Å². The minimum atomic E-state index is -3.90. The Kier molecular flexibility index (Phi) is 9.92. The highest BCUT2D eigenvalue weighted by Crippen LogP contribution is 2.45. The molecule has 1 unspecified atom stereocenters. The third-order valence-corrected chi connectivity index (χ3v) is 12.4. The molecule has 4 aliphatic rings. The van der Waals surface area contributed by atoms with Gasteiger partial charge in [0.25, 0.3) is 5.91 Å². The Bertz CT molecular complexity index is 1870. The zero-order valence-electron chi connectivity index (χ0n) is 30.3. The van der Waals surface area contributed by atoms with Crippen LogP contribution < -0.4 is 15.4 Å². The lowest BCUT2D eigenvalue weighted by Gasteiger charge is -2.32. The number of anilines is 1. The minimum absolute atomic E-state index is 0.0256. The van der Waals surface area contributed by atoms with Crippen LogP contribution in [0.5, 0.6) is 0 Å². The molecule has 2 heterocycles. The number of carbonyl (C=O) groups excluding carboxylic acids is 4. The predicted molar refractivity (Wildman–Crippen MR) is 193 cm³/mol. The number of benzene rings is 2. The van der Waals surface area contributed by atoms with E-state index in [2.05, 4.69) is 42.7 Å². The molecular formula is C38H48FN5O7S. The predicted octanol–water partition coefficient (Wildman–Crippen LogP) is 4.35. The standard InChI is InChI=1S/C38H48FN5O7S/c1-7-24-18-38(24,35(47)42-52(49,50)28-15-16-28)41-33(45)31-17-27(51-36(48)43-19-23-9-8-10-30(39)29(23)21-43)20-44(31)34(46)32(22(2)3)40-26-13-11-25(12-14-26)37(4,5)6/h7-14,22,24,27-28,31-32,40H,1,15-21H2,2-6H3,(H,41,45)(H,42,47)/t24-,27-,31?,32+,38-/m1/s1. The number of halogens is 1. The van der Waals surface area contributed by atoms with E-state index in [9.17, 15) is 32.0 Å². The molecular weight excluding hydrogens is 690 g/mol. The number of fused-ring (bicyclic) bond motifs is 1. The van der Waals surface area contributed by atoms with Gasteiger partial charge >= 0.3 is 6.09 Å². The maximum Gasteiger partial charge on any atom is 0.410 e. The summed E-state index contributed by atoms with van der Waals surface area (Å²) in [5.74, 6) is -3.10. The molecule has 0 aromatic heterocycles. The van der Waals surface area contributed by atoms with Gasteiger partial charge in [-0.05, 0) is 59.9 Å². The summed E-state index contributed by atoms with van der Waals surface area (Å²) in [5.41, 5.74) is 1.30. The molecule has 12 nitrogen and oxygen atoms in total. The Balaban J connectivity index is 1.23. The van der Waals surface area contributed by atoms with Crippen LogP contribution in [-0.2, 0) is 47.6 Å². The first-order valence-corrected chi connectivity index (χ1v) is 19.4. The fraction of sp³-hybridized carbons (Fsp3) is 0.526. The summed E-state index contributed by atoms with van der Waals surface area (Å²) in [4.78, 5) is 58.1. The fourth-order valence-corrected chi connectivity index (χ4v) is 8.42. The van der Waals surface area contributed by atoms with Crippen LogP contribution in [0, 0.1) is 17.7 Å². The Labute approximate surface area is 304 Å². The van der Waals surface area contributed by atoms with Gasteiger partial charge in [-0.2, -0.15) is 0 Å². The van der Waals surface area contributed by atoms with E-state index < -0.39 is 74.5 Å². The van der Waals surface area contributed by atoms with Crippen LogP contribution in [0.2, 0.25) is 0 Å². The zero-order chi connectivity index (χ0) is 37.7. The summed E-state index contributed by atoms with van der Waals surface area (Å²) in [5, 5.41) is 5.45. The van der Waals surface area contributed by atoms with Gasteiger partial charge in [-0.25, -0.2) is 17.6 Å². The van der Waals surface area contributed by atoms with Crippen LogP contribution in [0.25, 0.3) is 0 Å². The van der Waals surface area contributed by atoms with Crippen molar-refractivity contribution >= 4 is 39.5 Å². The number of rotatable bonds is 11. The van der Waals surface area contributed by atoms with Crippen molar-refractivity contribution in [3.8, 4) is 0 Å². The van der Waals surface area contributed by atoms with E-state index in [0.29, 0.717) is 29.7 Å². The second-order valence-corrected chi connectivity index (χ2v) is 17.8. The number of hydrogen-bond donors (Lipinski definition) is 3. The van der Waals surface area contributed by atoms with Gasteiger partial charge in [-0.1, -0.05) is 65.0 Å². The molecule has 5 atom stereocenters. The van der Waals surface area contributed by atoms with Crippen molar-refractivity contribution in [3.63, 3.8) is 0 Å². The monoisotopic (exact) mass is 737 g/mol. The van der Waals surface area contributed by atoms with Crippen LogP contribution >= 0.6 is 0 Å². The Morgan fingerprint density at radius 1 is 1.06 bits per heavy atom. The largest absolute Gasteiger partial charge is 0.444 e. The molecule has 52 heavy (non-hydrogen) atoms. The molecule has 6 rings (SSSR count). The van der Waals surface area contributed by atoms with Crippen molar-refractivity contribution in [2.24, 2.45) is 11.8 Å². The third kappa shape index (κ3) is 7.53. The van der Waals surface area contributed by atoms with E-state index in [1.54, 1.807) is 12.1 Å². The third-order valence-electron chi connectivity index (χ3n) is 10.6. The van der Waals surface area contributed by atoms with Crippen molar-refractivity contribution in [2.75, 3.05) is 11.9 Å². The fourth-order valence-electron chi connectivity index (χ4n) is 7.06. The van der Waals surface area contributed by atoms with Crippen molar-refractivity contribution in [3.05, 3.63) is 77.6 Å². The number of sulfonamides is 1. The quantitative estimate of drug-likeness (QED) is 0.288. The topological polar surface area (TPSA) is 154 Å². The summed E-state index contributed by atoms with van der Waals surface area (Å²) in [6, 6.07) is 10.5. The average molecular weight is 738 g/mol. The van der Waals surface area contributed by atoms with Crippen molar-refractivity contribution < 1.29 is 36.7 Å². The summed E-state index contributed by atoms with van der Waals surface area (Å²) in [7, 11) is -3.90. The highest BCUT2D eigenvalue weighted by Gasteiger charge is 2.62. The maximum atomic E-state index is 14.4. The van der Waals surface area contributed by atoms with Crippen LogP contribution in [0.1, 0.15) is 77.0 Å². The van der Waals surface area contributed by atoms with Crippen LogP contribution in [0.3, 0.4) is 0 Å². The van der Waals surface area contributed by atoms with E-state index >= 15 is 0 Å². The van der Waals surface area contributed by atoms with Gasteiger partial charge in [-0.3, -0.25) is 24.0 Å². The summed E-state index contributed by atoms with van der Waals surface area (Å²) in [6.45, 7) is 13.9. The number of amides is 4. The molecule has 0 bridgehead atoms. The summed E-state index contributed by atoms with van der Waals surface area (Å²) >= 11 is 0. The maximum absolute atomic E-state index is 14.4. The zero-order valence-corrected chi connectivity index (χ0v) is 31.1. The normalized spacial score (nSPS) is 24.6. The molecule has 0 spiro atoms. The van der Waals surface area contributed by atoms with E-state index in [-0.39, 0.29) is 43.8 Å². The van der Waals surface area contributed by atoms with Crippen LogP contribution in [0.15, 0.2) is 55.1 Å². The van der Waals surface area contributed by atoms with Crippen molar-refractivity contribution in [2.45, 2.75) is 108 Å².